The van der Waals surface area contributed by atoms with Crippen LogP contribution in [0.5, 0.6) is 0 Å². The number of carbonyl (C=O) groups is 1. The van der Waals surface area contributed by atoms with Gasteiger partial charge < -0.3 is 15.4 Å². The summed E-state index contributed by atoms with van der Waals surface area (Å²) in [5.74, 6) is 0.446. The van der Waals surface area contributed by atoms with Gasteiger partial charge in [-0.15, -0.1) is 35.3 Å². The molecule has 0 aromatic carbocycles. The zero-order valence-corrected chi connectivity index (χ0v) is 18.3. The van der Waals surface area contributed by atoms with Crippen LogP contribution in [0, 0.1) is 6.92 Å². The van der Waals surface area contributed by atoms with Crippen molar-refractivity contribution in [1.82, 2.24) is 15.6 Å². The average molecular weight is 468 g/mol. The normalized spacial score (nSPS) is 12.3. The van der Waals surface area contributed by atoms with E-state index in [1.807, 2.05) is 13.8 Å². The van der Waals surface area contributed by atoms with Crippen LogP contribution in [0.2, 0.25) is 0 Å². The Labute approximate surface area is 165 Å². The fraction of sp³-hybridized carbons (Fsp3) is 0.688. The molecule has 1 unspecified atom stereocenters. The Morgan fingerprint density at radius 2 is 2.08 bits per heavy atom. The second-order valence-corrected chi connectivity index (χ2v) is 6.29. The van der Waals surface area contributed by atoms with Gasteiger partial charge in [-0.3, -0.25) is 4.99 Å². The molecule has 0 saturated carbocycles. The topological polar surface area (TPSA) is 75.6 Å². The van der Waals surface area contributed by atoms with E-state index in [1.165, 1.54) is 24.2 Å². The molecule has 1 aromatic rings. The molecule has 0 aliphatic rings. The van der Waals surface area contributed by atoms with Crippen molar-refractivity contribution in [3.63, 3.8) is 0 Å². The molecule has 0 fully saturated rings. The first kappa shape index (κ1) is 23.1. The van der Waals surface area contributed by atoms with Gasteiger partial charge in [-0.05, 0) is 27.2 Å². The number of carbonyl (C=O) groups excluding carboxylic acids is 1. The van der Waals surface area contributed by atoms with Crippen LogP contribution in [0.15, 0.2) is 4.99 Å². The number of aryl methyl sites for hydroxylation is 1. The molecule has 2 N–H and O–H groups in total. The highest BCUT2D eigenvalue weighted by atomic mass is 127. The minimum atomic E-state index is -0.303. The molecule has 0 amide bonds. The zero-order valence-electron chi connectivity index (χ0n) is 15.1. The van der Waals surface area contributed by atoms with E-state index in [0.717, 1.165) is 23.9 Å². The second-order valence-electron chi connectivity index (χ2n) is 5.26. The van der Waals surface area contributed by atoms with E-state index in [2.05, 4.69) is 27.5 Å². The fourth-order valence-corrected chi connectivity index (χ4v) is 2.99. The van der Waals surface area contributed by atoms with E-state index in [-0.39, 0.29) is 36.0 Å². The summed E-state index contributed by atoms with van der Waals surface area (Å²) in [6, 6.07) is -0.0285. The van der Waals surface area contributed by atoms with Gasteiger partial charge in [-0.25, -0.2) is 9.78 Å². The Balaban J connectivity index is 0.00000529. The predicted molar refractivity (Wildman–Crippen MR) is 111 cm³/mol. The smallest absolute Gasteiger partial charge is 0.350 e. The summed E-state index contributed by atoms with van der Waals surface area (Å²) in [5.41, 5.74) is 0.711. The van der Waals surface area contributed by atoms with Crippen molar-refractivity contribution >= 4 is 47.2 Å². The molecule has 8 heteroatoms. The number of aromatic nitrogens is 1. The Bertz CT molecular complexity index is 534. The second kappa shape index (κ2) is 12.5. The van der Waals surface area contributed by atoms with Crippen LogP contribution in [-0.4, -0.2) is 37.1 Å². The van der Waals surface area contributed by atoms with E-state index in [0.29, 0.717) is 17.2 Å². The van der Waals surface area contributed by atoms with Gasteiger partial charge in [-0.2, -0.15) is 0 Å². The zero-order chi connectivity index (χ0) is 17.2. The number of unbranched alkanes of at least 4 members (excludes halogenated alkanes) is 2. The number of rotatable bonds is 8. The molecule has 24 heavy (non-hydrogen) atoms. The number of esters is 1. The lowest BCUT2D eigenvalue weighted by Gasteiger charge is -2.16. The van der Waals surface area contributed by atoms with Crippen molar-refractivity contribution in [2.24, 2.45) is 4.99 Å². The maximum atomic E-state index is 11.9. The molecule has 1 rings (SSSR count). The van der Waals surface area contributed by atoms with Crippen molar-refractivity contribution in [1.29, 1.82) is 0 Å². The standard InChI is InChI=1S/C16H28N4O2S.HI/c1-6-8-9-10-18-16(17-5)20-12(4)14-19-11(3)13(23-14)15(21)22-7-2;/h12H,6-10H2,1-5H3,(H2,17,18,20);1H. The summed E-state index contributed by atoms with van der Waals surface area (Å²) in [4.78, 5) is 21.2. The number of thiazole rings is 1. The number of hydrogen-bond acceptors (Lipinski definition) is 5. The molecule has 0 aliphatic carbocycles. The maximum Gasteiger partial charge on any atom is 0.350 e. The third-order valence-corrected chi connectivity index (χ3v) is 4.61. The van der Waals surface area contributed by atoms with Crippen molar-refractivity contribution in [2.45, 2.75) is 53.0 Å². The first-order chi connectivity index (χ1) is 11.0. The lowest BCUT2D eigenvalue weighted by Crippen LogP contribution is -2.39. The van der Waals surface area contributed by atoms with Crippen molar-refractivity contribution in [3.8, 4) is 0 Å². The Hall–Kier alpha value is -0.900. The van der Waals surface area contributed by atoms with Crippen LogP contribution < -0.4 is 10.6 Å². The van der Waals surface area contributed by atoms with Gasteiger partial charge in [0.25, 0.3) is 0 Å². The lowest BCUT2D eigenvalue weighted by molar-refractivity contribution is 0.0531. The molecule has 0 radical (unpaired) electrons. The third kappa shape index (κ3) is 7.33. The van der Waals surface area contributed by atoms with Gasteiger partial charge in [0, 0.05) is 13.6 Å². The highest BCUT2D eigenvalue weighted by Crippen LogP contribution is 2.24. The van der Waals surface area contributed by atoms with E-state index in [4.69, 9.17) is 4.74 Å². The average Bonchev–Trinajstić information content (AvgIpc) is 2.92. The largest absolute Gasteiger partial charge is 0.462 e. The molecular weight excluding hydrogens is 439 g/mol. The summed E-state index contributed by atoms with van der Waals surface area (Å²) >= 11 is 1.37. The Morgan fingerprint density at radius 3 is 2.67 bits per heavy atom. The summed E-state index contributed by atoms with van der Waals surface area (Å²) in [6.07, 6.45) is 3.52. The molecule has 0 saturated heterocycles. The number of ether oxygens (including phenoxy) is 1. The van der Waals surface area contributed by atoms with Gasteiger partial charge in [0.05, 0.1) is 18.3 Å². The molecule has 6 nitrogen and oxygen atoms in total. The van der Waals surface area contributed by atoms with Crippen LogP contribution >= 0.6 is 35.3 Å². The van der Waals surface area contributed by atoms with E-state index >= 15 is 0 Å². The maximum absolute atomic E-state index is 11.9. The quantitative estimate of drug-likeness (QED) is 0.200. The monoisotopic (exact) mass is 468 g/mol. The molecule has 1 atom stereocenters. The molecular formula is C16H29IN4O2S. The van der Waals surface area contributed by atoms with E-state index in [9.17, 15) is 4.79 Å². The van der Waals surface area contributed by atoms with Gasteiger partial charge in [0.2, 0.25) is 0 Å². The summed E-state index contributed by atoms with van der Waals surface area (Å²) in [6.45, 7) is 9.08. The molecule has 1 aromatic heterocycles. The number of aliphatic imine (C=N–C) groups is 1. The molecule has 0 bridgehead atoms. The molecule has 0 aliphatic heterocycles. The summed E-state index contributed by atoms with van der Waals surface area (Å²) in [5, 5.41) is 7.45. The number of nitrogens with one attached hydrogen (secondary N) is 2. The fourth-order valence-electron chi connectivity index (χ4n) is 2.03. The third-order valence-electron chi connectivity index (χ3n) is 3.29. The van der Waals surface area contributed by atoms with Gasteiger partial charge in [0.1, 0.15) is 9.88 Å². The first-order valence-electron chi connectivity index (χ1n) is 8.15. The van der Waals surface area contributed by atoms with Crippen molar-refractivity contribution in [2.75, 3.05) is 20.2 Å². The van der Waals surface area contributed by atoms with Crippen LogP contribution in [-0.2, 0) is 4.74 Å². The van der Waals surface area contributed by atoms with Crippen LogP contribution in [0.25, 0.3) is 0 Å². The molecule has 0 spiro atoms. The van der Waals surface area contributed by atoms with Gasteiger partial charge >= 0.3 is 5.97 Å². The van der Waals surface area contributed by atoms with Crippen LogP contribution in [0.4, 0.5) is 0 Å². The molecule has 138 valence electrons. The minimum Gasteiger partial charge on any atom is -0.462 e. The highest BCUT2D eigenvalue weighted by Gasteiger charge is 2.19. The van der Waals surface area contributed by atoms with E-state index < -0.39 is 0 Å². The lowest BCUT2D eigenvalue weighted by atomic mass is 10.2. The number of halogens is 1. The summed E-state index contributed by atoms with van der Waals surface area (Å²) < 4.78 is 5.06. The van der Waals surface area contributed by atoms with Gasteiger partial charge in [-0.1, -0.05) is 19.8 Å². The SMILES string of the molecule is CCCCCNC(=NC)NC(C)c1nc(C)c(C(=O)OCC)s1.I. The minimum absolute atomic E-state index is 0. The first-order valence-corrected chi connectivity index (χ1v) is 8.96. The van der Waals surface area contributed by atoms with Crippen molar-refractivity contribution < 1.29 is 9.53 Å². The van der Waals surface area contributed by atoms with Gasteiger partial charge in [0.15, 0.2) is 5.96 Å². The highest BCUT2D eigenvalue weighted by molar-refractivity contribution is 14.0. The number of hydrogen-bond donors (Lipinski definition) is 2. The van der Waals surface area contributed by atoms with E-state index in [1.54, 1.807) is 14.0 Å². The van der Waals surface area contributed by atoms with Crippen LogP contribution in [0.3, 0.4) is 0 Å². The molecule has 1 heterocycles. The number of nitrogens with zero attached hydrogens (tertiary/aromatic N) is 2. The van der Waals surface area contributed by atoms with Crippen LogP contribution in [0.1, 0.15) is 66.4 Å². The predicted octanol–water partition coefficient (Wildman–Crippen LogP) is 3.66. The number of guanidine groups is 1. The summed E-state index contributed by atoms with van der Waals surface area (Å²) in [7, 11) is 1.75. The Kier molecular flexibility index (Phi) is 12.0. The van der Waals surface area contributed by atoms with Crippen molar-refractivity contribution in [3.05, 3.63) is 15.6 Å². The Morgan fingerprint density at radius 1 is 1.38 bits per heavy atom.